The standard InChI is InChI=1S/C7H11F3O5S/c1-5(2)15-6(11)3-4-14-16(12,13)7(8,9)10/h5H,3-4H2,1-2H3. The van der Waals surface area contributed by atoms with E-state index in [0.717, 1.165) is 0 Å². The highest BCUT2D eigenvalue weighted by Crippen LogP contribution is 2.24. The van der Waals surface area contributed by atoms with Crippen molar-refractivity contribution in [2.75, 3.05) is 6.61 Å². The van der Waals surface area contributed by atoms with Gasteiger partial charge in [-0.3, -0.25) is 8.98 Å². The molecule has 0 aromatic heterocycles. The second kappa shape index (κ2) is 5.48. The van der Waals surface area contributed by atoms with Crippen LogP contribution in [0.2, 0.25) is 0 Å². The fraction of sp³-hybridized carbons (Fsp3) is 0.857. The van der Waals surface area contributed by atoms with Gasteiger partial charge in [-0.2, -0.15) is 21.6 Å². The van der Waals surface area contributed by atoms with Crippen molar-refractivity contribution in [2.24, 2.45) is 0 Å². The molecule has 0 N–H and O–H groups in total. The number of alkyl halides is 3. The highest BCUT2D eigenvalue weighted by atomic mass is 32.2. The van der Waals surface area contributed by atoms with Crippen LogP contribution in [0.5, 0.6) is 0 Å². The monoisotopic (exact) mass is 264 g/mol. The minimum Gasteiger partial charge on any atom is -0.463 e. The molecule has 0 unspecified atom stereocenters. The van der Waals surface area contributed by atoms with Crippen LogP contribution in [0.1, 0.15) is 20.3 Å². The van der Waals surface area contributed by atoms with Crippen LogP contribution < -0.4 is 0 Å². The maximum Gasteiger partial charge on any atom is 0.523 e. The van der Waals surface area contributed by atoms with Gasteiger partial charge in [0.1, 0.15) is 0 Å². The molecule has 0 bridgehead atoms. The summed E-state index contributed by atoms with van der Waals surface area (Å²) in [6.45, 7) is 2.20. The maximum atomic E-state index is 11.7. The number of halogens is 3. The molecular formula is C7H11F3O5S. The normalized spacial score (nSPS) is 12.9. The molecule has 5 nitrogen and oxygen atoms in total. The molecule has 0 heterocycles. The molecule has 0 aliphatic heterocycles. The van der Waals surface area contributed by atoms with Crippen molar-refractivity contribution in [3.8, 4) is 0 Å². The average molecular weight is 264 g/mol. The van der Waals surface area contributed by atoms with Crippen LogP contribution in [-0.4, -0.2) is 32.6 Å². The Morgan fingerprint density at radius 3 is 2.19 bits per heavy atom. The van der Waals surface area contributed by atoms with Gasteiger partial charge in [0.2, 0.25) is 0 Å². The second-order valence-electron chi connectivity index (χ2n) is 3.01. The number of hydrogen-bond acceptors (Lipinski definition) is 5. The summed E-state index contributed by atoms with van der Waals surface area (Å²) < 4.78 is 64.1. The van der Waals surface area contributed by atoms with Gasteiger partial charge in [0, 0.05) is 0 Å². The topological polar surface area (TPSA) is 69.7 Å². The SMILES string of the molecule is CC(C)OC(=O)CCOS(=O)(=O)C(F)(F)F. The summed E-state index contributed by atoms with van der Waals surface area (Å²) >= 11 is 0. The van der Waals surface area contributed by atoms with Crippen LogP contribution in [0.4, 0.5) is 13.2 Å². The molecule has 0 saturated heterocycles. The lowest BCUT2D eigenvalue weighted by Crippen LogP contribution is -2.26. The van der Waals surface area contributed by atoms with E-state index < -0.39 is 40.7 Å². The van der Waals surface area contributed by atoms with E-state index in [-0.39, 0.29) is 0 Å². The Balaban J connectivity index is 4.06. The number of esters is 1. The van der Waals surface area contributed by atoms with E-state index in [0.29, 0.717) is 0 Å². The van der Waals surface area contributed by atoms with Crippen LogP contribution >= 0.6 is 0 Å². The Bertz CT molecular complexity index is 332. The Morgan fingerprint density at radius 2 is 1.81 bits per heavy atom. The first-order valence-electron chi connectivity index (χ1n) is 4.21. The molecule has 0 saturated carbocycles. The largest absolute Gasteiger partial charge is 0.523 e. The Kier molecular flexibility index (Phi) is 5.20. The lowest BCUT2D eigenvalue weighted by molar-refractivity contribution is -0.148. The maximum absolute atomic E-state index is 11.7. The van der Waals surface area contributed by atoms with E-state index in [1.165, 1.54) is 0 Å². The minimum atomic E-state index is -5.63. The summed E-state index contributed by atoms with van der Waals surface area (Å²) in [5.41, 5.74) is -5.48. The van der Waals surface area contributed by atoms with Gasteiger partial charge in [-0.25, -0.2) is 0 Å². The molecule has 16 heavy (non-hydrogen) atoms. The zero-order valence-corrected chi connectivity index (χ0v) is 9.39. The minimum absolute atomic E-state index is 0.424. The van der Waals surface area contributed by atoms with Crippen molar-refractivity contribution < 1.29 is 35.3 Å². The third kappa shape index (κ3) is 5.31. The van der Waals surface area contributed by atoms with Crippen molar-refractivity contribution in [3.05, 3.63) is 0 Å². The molecular weight excluding hydrogens is 253 g/mol. The molecule has 0 amide bonds. The van der Waals surface area contributed by atoms with Crippen molar-refractivity contribution in [1.82, 2.24) is 0 Å². The van der Waals surface area contributed by atoms with Gasteiger partial charge in [0.05, 0.1) is 19.1 Å². The zero-order valence-electron chi connectivity index (χ0n) is 8.57. The first kappa shape index (κ1) is 15.2. The number of carbonyl (C=O) groups is 1. The number of ether oxygens (including phenoxy) is 1. The highest BCUT2D eigenvalue weighted by Gasteiger charge is 2.47. The molecule has 96 valence electrons. The van der Waals surface area contributed by atoms with Crippen LogP contribution in [0.15, 0.2) is 0 Å². The molecule has 0 radical (unpaired) electrons. The third-order valence-corrected chi connectivity index (χ3v) is 2.24. The molecule has 0 fully saturated rings. The van der Waals surface area contributed by atoms with Gasteiger partial charge in [-0.15, -0.1) is 0 Å². The van der Waals surface area contributed by atoms with Crippen molar-refractivity contribution in [3.63, 3.8) is 0 Å². The van der Waals surface area contributed by atoms with Crippen molar-refractivity contribution in [1.29, 1.82) is 0 Å². The smallest absolute Gasteiger partial charge is 0.463 e. The molecule has 0 aliphatic rings. The lowest BCUT2D eigenvalue weighted by Gasteiger charge is -2.09. The molecule has 0 aromatic rings. The number of hydrogen-bond donors (Lipinski definition) is 0. The predicted molar refractivity (Wildman–Crippen MR) is 46.8 cm³/mol. The summed E-state index contributed by atoms with van der Waals surface area (Å²) in [5, 5.41) is 0. The first-order chi connectivity index (χ1) is 7.06. The van der Waals surface area contributed by atoms with Gasteiger partial charge < -0.3 is 4.74 Å². The first-order valence-corrected chi connectivity index (χ1v) is 5.62. The van der Waals surface area contributed by atoms with Crippen LogP contribution in [0.25, 0.3) is 0 Å². The van der Waals surface area contributed by atoms with E-state index in [1.807, 2.05) is 0 Å². The summed E-state index contributed by atoms with van der Waals surface area (Å²) in [7, 11) is -5.63. The van der Waals surface area contributed by atoms with Crippen molar-refractivity contribution >= 4 is 16.1 Å². The average Bonchev–Trinajstić information content (AvgIpc) is 1.99. The highest BCUT2D eigenvalue weighted by molar-refractivity contribution is 7.87. The predicted octanol–water partition coefficient (Wildman–Crippen LogP) is 1.19. The van der Waals surface area contributed by atoms with E-state index in [1.54, 1.807) is 13.8 Å². The van der Waals surface area contributed by atoms with Crippen LogP contribution in [0, 0.1) is 0 Å². The lowest BCUT2D eigenvalue weighted by atomic mass is 10.4. The summed E-state index contributed by atoms with van der Waals surface area (Å²) in [6.07, 6.45) is -0.986. The van der Waals surface area contributed by atoms with Gasteiger partial charge in [0.15, 0.2) is 0 Å². The van der Waals surface area contributed by atoms with E-state index in [4.69, 9.17) is 0 Å². The molecule has 0 rings (SSSR count). The van der Waals surface area contributed by atoms with Gasteiger partial charge >= 0.3 is 21.6 Å². The fourth-order valence-corrected chi connectivity index (χ4v) is 1.06. The number of rotatable bonds is 5. The Hall–Kier alpha value is -0.830. The van der Waals surface area contributed by atoms with Crippen LogP contribution in [-0.2, 0) is 23.8 Å². The Labute approximate surface area is 90.6 Å². The second-order valence-corrected chi connectivity index (χ2v) is 4.62. The Morgan fingerprint density at radius 1 is 1.31 bits per heavy atom. The van der Waals surface area contributed by atoms with E-state index in [9.17, 15) is 26.4 Å². The molecule has 0 spiro atoms. The van der Waals surface area contributed by atoms with Crippen LogP contribution in [0.3, 0.4) is 0 Å². The summed E-state index contributed by atoms with van der Waals surface area (Å²) in [5.74, 6) is -0.827. The number of carbonyl (C=O) groups excluding carboxylic acids is 1. The van der Waals surface area contributed by atoms with Crippen molar-refractivity contribution in [2.45, 2.75) is 31.9 Å². The van der Waals surface area contributed by atoms with E-state index in [2.05, 4.69) is 8.92 Å². The van der Waals surface area contributed by atoms with Gasteiger partial charge in [0.25, 0.3) is 0 Å². The van der Waals surface area contributed by atoms with Gasteiger partial charge in [-0.05, 0) is 13.8 Å². The third-order valence-electron chi connectivity index (χ3n) is 1.20. The fourth-order valence-electron chi connectivity index (χ4n) is 0.623. The molecule has 0 aromatic carbocycles. The zero-order chi connectivity index (χ0) is 13.0. The van der Waals surface area contributed by atoms with E-state index >= 15 is 0 Å². The summed E-state index contributed by atoms with van der Waals surface area (Å²) in [6, 6.07) is 0. The molecule has 9 heteroatoms. The quantitative estimate of drug-likeness (QED) is 0.424. The molecule has 0 aliphatic carbocycles. The molecule has 0 atom stereocenters. The van der Waals surface area contributed by atoms with Gasteiger partial charge in [-0.1, -0.05) is 0 Å². The summed E-state index contributed by atoms with van der Waals surface area (Å²) in [4.78, 5) is 10.8.